The minimum absolute atomic E-state index is 0.607. The summed E-state index contributed by atoms with van der Waals surface area (Å²) in [6, 6.07) is 18.4. The molecule has 0 unspecified atom stereocenters. The number of rotatable bonds is 2. The lowest BCUT2D eigenvalue weighted by atomic mass is 9.96. The smallest absolute Gasteiger partial charge is 0.101 e. The molecule has 0 aliphatic rings. The normalized spacial score (nSPS) is 10.4. The molecular weight excluding hydrogens is 312 g/mol. The van der Waals surface area contributed by atoms with Crippen molar-refractivity contribution >= 4 is 26.8 Å². The molecule has 3 heteroatoms. The van der Waals surface area contributed by atoms with E-state index in [9.17, 15) is 5.26 Å². The van der Waals surface area contributed by atoms with Crippen LogP contribution in [0.3, 0.4) is 0 Å². The zero-order valence-electron chi connectivity index (χ0n) is 10.7. The van der Waals surface area contributed by atoms with Gasteiger partial charge in [0.2, 0.25) is 0 Å². The third-order valence-electron chi connectivity index (χ3n) is 3.29. The molecule has 0 aliphatic carbocycles. The van der Waals surface area contributed by atoms with Gasteiger partial charge in [-0.1, -0.05) is 58.4 Å². The van der Waals surface area contributed by atoms with Gasteiger partial charge in [-0.3, -0.25) is 4.98 Å². The Bertz CT molecular complexity index is 801. The van der Waals surface area contributed by atoms with Crippen LogP contribution in [0.1, 0.15) is 11.1 Å². The van der Waals surface area contributed by atoms with E-state index in [1.807, 2.05) is 24.3 Å². The molecule has 0 saturated heterocycles. The molecular formula is C17H11BrN2. The molecule has 3 rings (SSSR count). The standard InChI is InChI=1S/C17H11BrN2/c18-9-12-5-7-13(8-6-12)17-14(10-19)11-20-16-4-2-1-3-15(16)17/h1-8,11H,9H2. The van der Waals surface area contributed by atoms with Gasteiger partial charge in [-0.15, -0.1) is 0 Å². The number of nitriles is 1. The van der Waals surface area contributed by atoms with Gasteiger partial charge < -0.3 is 0 Å². The Morgan fingerprint density at radius 3 is 2.50 bits per heavy atom. The average molecular weight is 323 g/mol. The minimum Gasteiger partial charge on any atom is -0.255 e. The SMILES string of the molecule is N#Cc1cnc2ccccc2c1-c1ccc(CBr)cc1. The van der Waals surface area contributed by atoms with Gasteiger partial charge in [-0.25, -0.2) is 0 Å². The molecule has 0 atom stereocenters. The zero-order valence-corrected chi connectivity index (χ0v) is 12.3. The van der Waals surface area contributed by atoms with Crippen LogP contribution in [0.5, 0.6) is 0 Å². The maximum absolute atomic E-state index is 9.34. The summed E-state index contributed by atoms with van der Waals surface area (Å²) in [4.78, 5) is 4.34. The molecule has 0 amide bonds. The summed E-state index contributed by atoms with van der Waals surface area (Å²) < 4.78 is 0. The summed E-state index contributed by atoms with van der Waals surface area (Å²) in [5.74, 6) is 0. The van der Waals surface area contributed by atoms with E-state index in [4.69, 9.17) is 0 Å². The molecule has 3 aromatic rings. The van der Waals surface area contributed by atoms with E-state index in [1.165, 1.54) is 5.56 Å². The van der Waals surface area contributed by atoms with Crippen molar-refractivity contribution in [3.63, 3.8) is 0 Å². The molecule has 0 bridgehead atoms. The predicted molar refractivity (Wildman–Crippen MR) is 84.5 cm³/mol. The Kier molecular flexibility index (Phi) is 3.49. The number of alkyl halides is 1. The van der Waals surface area contributed by atoms with Gasteiger partial charge in [0.1, 0.15) is 6.07 Å². The van der Waals surface area contributed by atoms with Crippen LogP contribution in [-0.4, -0.2) is 4.98 Å². The van der Waals surface area contributed by atoms with Gasteiger partial charge >= 0.3 is 0 Å². The fourth-order valence-electron chi connectivity index (χ4n) is 2.30. The maximum atomic E-state index is 9.34. The molecule has 0 radical (unpaired) electrons. The number of nitrogens with zero attached hydrogens (tertiary/aromatic N) is 2. The van der Waals surface area contributed by atoms with Crippen LogP contribution in [0.15, 0.2) is 54.7 Å². The number of halogens is 1. The van der Waals surface area contributed by atoms with Crippen molar-refractivity contribution in [3.05, 3.63) is 65.9 Å². The monoisotopic (exact) mass is 322 g/mol. The van der Waals surface area contributed by atoms with Crippen molar-refractivity contribution in [1.82, 2.24) is 4.98 Å². The quantitative estimate of drug-likeness (QED) is 0.643. The summed E-state index contributed by atoms with van der Waals surface area (Å²) in [6.07, 6.45) is 1.65. The van der Waals surface area contributed by atoms with Gasteiger partial charge in [0.15, 0.2) is 0 Å². The van der Waals surface area contributed by atoms with Crippen LogP contribution in [0.2, 0.25) is 0 Å². The highest BCUT2D eigenvalue weighted by molar-refractivity contribution is 9.08. The van der Waals surface area contributed by atoms with Crippen molar-refractivity contribution in [3.8, 4) is 17.2 Å². The first kappa shape index (κ1) is 12.8. The van der Waals surface area contributed by atoms with Crippen LogP contribution in [0, 0.1) is 11.3 Å². The summed E-state index contributed by atoms with van der Waals surface area (Å²) in [7, 11) is 0. The second-order valence-corrected chi connectivity index (χ2v) is 5.07. The lowest BCUT2D eigenvalue weighted by Gasteiger charge is -2.09. The van der Waals surface area contributed by atoms with E-state index in [2.05, 4.69) is 51.2 Å². The van der Waals surface area contributed by atoms with Crippen molar-refractivity contribution in [2.45, 2.75) is 5.33 Å². The highest BCUT2D eigenvalue weighted by Crippen LogP contribution is 2.31. The van der Waals surface area contributed by atoms with E-state index >= 15 is 0 Å². The Morgan fingerprint density at radius 2 is 1.80 bits per heavy atom. The molecule has 0 fully saturated rings. The molecule has 2 nitrogen and oxygen atoms in total. The van der Waals surface area contributed by atoms with Gasteiger partial charge in [-0.2, -0.15) is 5.26 Å². The highest BCUT2D eigenvalue weighted by Gasteiger charge is 2.10. The number of pyridine rings is 1. The van der Waals surface area contributed by atoms with Crippen molar-refractivity contribution < 1.29 is 0 Å². The fraction of sp³-hybridized carbons (Fsp3) is 0.0588. The number of hydrogen-bond donors (Lipinski definition) is 0. The van der Waals surface area contributed by atoms with Crippen molar-refractivity contribution in [1.29, 1.82) is 5.26 Å². The summed E-state index contributed by atoms with van der Waals surface area (Å²) in [5.41, 5.74) is 4.73. The van der Waals surface area contributed by atoms with Gasteiger partial charge in [0.05, 0.1) is 11.1 Å². The fourth-order valence-corrected chi connectivity index (χ4v) is 2.67. The summed E-state index contributed by atoms with van der Waals surface area (Å²) >= 11 is 3.44. The van der Waals surface area contributed by atoms with Crippen LogP contribution in [-0.2, 0) is 5.33 Å². The summed E-state index contributed by atoms with van der Waals surface area (Å²) in [6.45, 7) is 0. The van der Waals surface area contributed by atoms with Crippen LogP contribution in [0.25, 0.3) is 22.0 Å². The Morgan fingerprint density at radius 1 is 1.05 bits per heavy atom. The number of benzene rings is 2. The molecule has 96 valence electrons. The van der Waals surface area contributed by atoms with E-state index in [0.717, 1.165) is 27.4 Å². The first-order valence-electron chi connectivity index (χ1n) is 6.26. The third-order valence-corrected chi connectivity index (χ3v) is 3.94. The number of para-hydroxylation sites is 1. The first-order valence-corrected chi connectivity index (χ1v) is 7.39. The van der Waals surface area contributed by atoms with E-state index in [1.54, 1.807) is 6.20 Å². The molecule has 0 N–H and O–H groups in total. The summed E-state index contributed by atoms with van der Waals surface area (Å²) in [5, 5.41) is 11.2. The van der Waals surface area contributed by atoms with Crippen LogP contribution >= 0.6 is 15.9 Å². The average Bonchev–Trinajstić information content (AvgIpc) is 2.54. The van der Waals surface area contributed by atoms with Gasteiger partial charge in [-0.05, 0) is 17.2 Å². The lowest BCUT2D eigenvalue weighted by Crippen LogP contribution is -1.90. The zero-order chi connectivity index (χ0) is 13.9. The molecule has 0 saturated carbocycles. The molecule has 1 aromatic heterocycles. The lowest BCUT2D eigenvalue weighted by molar-refractivity contribution is 1.37. The van der Waals surface area contributed by atoms with E-state index in [0.29, 0.717) is 5.56 Å². The molecule has 20 heavy (non-hydrogen) atoms. The molecule has 1 heterocycles. The van der Waals surface area contributed by atoms with Crippen LogP contribution < -0.4 is 0 Å². The van der Waals surface area contributed by atoms with Crippen LogP contribution in [0.4, 0.5) is 0 Å². The number of fused-ring (bicyclic) bond motifs is 1. The second-order valence-electron chi connectivity index (χ2n) is 4.51. The minimum atomic E-state index is 0.607. The number of aromatic nitrogens is 1. The Hall–Kier alpha value is -2.18. The second kappa shape index (κ2) is 5.44. The maximum Gasteiger partial charge on any atom is 0.101 e. The predicted octanol–water partition coefficient (Wildman–Crippen LogP) is 4.67. The molecule has 0 aliphatic heterocycles. The largest absolute Gasteiger partial charge is 0.255 e. The van der Waals surface area contributed by atoms with Crippen molar-refractivity contribution in [2.75, 3.05) is 0 Å². The number of hydrogen-bond acceptors (Lipinski definition) is 2. The topological polar surface area (TPSA) is 36.7 Å². The first-order chi connectivity index (χ1) is 9.83. The molecule has 2 aromatic carbocycles. The Labute approximate surface area is 125 Å². The van der Waals surface area contributed by atoms with Gasteiger partial charge in [0.25, 0.3) is 0 Å². The Balaban J connectivity index is 2.30. The third kappa shape index (κ3) is 2.19. The highest BCUT2D eigenvalue weighted by atomic mass is 79.9. The van der Waals surface area contributed by atoms with E-state index < -0.39 is 0 Å². The van der Waals surface area contributed by atoms with E-state index in [-0.39, 0.29) is 0 Å². The molecule has 0 spiro atoms. The van der Waals surface area contributed by atoms with Gasteiger partial charge in [0, 0.05) is 22.5 Å². The van der Waals surface area contributed by atoms with Crippen molar-refractivity contribution in [2.24, 2.45) is 0 Å².